The number of benzene rings is 1. The number of nitrogens with zero attached hydrogens (tertiary/aromatic N) is 4. The Kier molecular flexibility index (Phi) is 5.43. The van der Waals surface area contributed by atoms with Crippen molar-refractivity contribution in [2.24, 2.45) is 0 Å². The lowest BCUT2D eigenvalue weighted by molar-refractivity contribution is -0.0136. The number of aromatic nitrogens is 3. The molecule has 7 nitrogen and oxygen atoms in total. The molecule has 0 spiro atoms. The van der Waals surface area contributed by atoms with E-state index in [2.05, 4.69) is 27.5 Å². The van der Waals surface area contributed by atoms with Crippen LogP contribution in [-0.2, 0) is 17.7 Å². The summed E-state index contributed by atoms with van der Waals surface area (Å²) in [6, 6.07) is 10.1. The number of carbonyl (C=O) groups is 1. The molecule has 0 aliphatic carbocycles. The zero-order valence-corrected chi connectivity index (χ0v) is 13.8. The Balaban J connectivity index is 1.49. The summed E-state index contributed by atoms with van der Waals surface area (Å²) in [6.07, 6.45) is 3.99. The molecule has 2 atom stereocenters. The van der Waals surface area contributed by atoms with Crippen LogP contribution in [0.1, 0.15) is 12.5 Å². The van der Waals surface area contributed by atoms with Crippen LogP contribution in [-0.4, -0.2) is 57.5 Å². The SMILES string of the molecule is C[C@@H](Cn1cncn1)NC(=O)N1CCO[C@@H](Cc2ccccc2)C1. The number of nitrogens with one attached hydrogen (secondary N) is 1. The zero-order valence-electron chi connectivity index (χ0n) is 13.8. The first-order valence-electron chi connectivity index (χ1n) is 8.24. The molecular weight excluding hydrogens is 306 g/mol. The number of hydrogen-bond acceptors (Lipinski definition) is 4. The fraction of sp³-hybridized carbons (Fsp3) is 0.471. The minimum atomic E-state index is -0.0519. The maximum Gasteiger partial charge on any atom is 0.317 e. The van der Waals surface area contributed by atoms with E-state index in [9.17, 15) is 4.79 Å². The van der Waals surface area contributed by atoms with Gasteiger partial charge < -0.3 is 15.0 Å². The van der Waals surface area contributed by atoms with Crippen LogP contribution in [0, 0.1) is 0 Å². The summed E-state index contributed by atoms with van der Waals surface area (Å²) in [5.74, 6) is 0. The molecule has 2 amide bonds. The van der Waals surface area contributed by atoms with Gasteiger partial charge in [0.1, 0.15) is 12.7 Å². The van der Waals surface area contributed by atoms with Crippen LogP contribution >= 0.6 is 0 Å². The second-order valence-corrected chi connectivity index (χ2v) is 6.10. The van der Waals surface area contributed by atoms with Gasteiger partial charge in [0.2, 0.25) is 0 Å². The minimum Gasteiger partial charge on any atom is -0.374 e. The van der Waals surface area contributed by atoms with Gasteiger partial charge in [-0.1, -0.05) is 30.3 Å². The van der Waals surface area contributed by atoms with E-state index >= 15 is 0 Å². The summed E-state index contributed by atoms with van der Waals surface area (Å²) in [5.41, 5.74) is 1.23. The standard InChI is InChI=1S/C17H23N5O2/c1-14(10-22-13-18-12-19-22)20-17(23)21-7-8-24-16(11-21)9-15-5-3-2-4-6-15/h2-6,12-14,16H,7-11H2,1H3,(H,20,23)/t14-,16-/m0/s1. The Morgan fingerprint density at radius 3 is 3.00 bits per heavy atom. The molecule has 1 fully saturated rings. The average Bonchev–Trinajstić information content (AvgIpc) is 3.09. The fourth-order valence-corrected chi connectivity index (χ4v) is 2.86. The zero-order chi connectivity index (χ0) is 16.8. The molecule has 1 aliphatic heterocycles. The quantitative estimate of drug-likeness (QED) is 0.898. The Morgan fingerprint density at radius 2 is 2.25 bits per heavy atom. The smallest absolute Gasteiger partial charge is 0.317 e. The van der Waals surface area contributed by atoms with E-state index in [1.807, 2.05) is 30.0 Å². The van der Waals surface area contributed by atoms with Crippen molar-refractivity contribution in [1.82, 2.24) is 25.0 Å². The molecule has 1 aliphatic rings. The predicted molar refractivity (Wildman–Crippen MR) is 89.5 cm³/mol. The monoisotopic (exact) mass is 329 g/mol. The number of urea groups is 1. The maximum absolute atomic E-state index is 12.4. The molecule has 0 radical (unpaired) electrons. The summed E-state index contributed by atoms with van der Waals surface area (Å²) < 4.78 is 7.52. The van der Waals surface area contributed by atoms with Crippen molar-refractivity contribution < 1.29 is 9.53 Å². The highest BCUT2D eigenvalue weighted by atomic mass is 16.5. The van der Waals surface area contributed by atoms with Crippen molar-refractivity contribution in [3.05, 3.63) is 48.5 Å². The van der Waals surface area contributed by atoms with Crippen molar-refractivity contribution in [2.75, 3.05) is 19.7 Å². The molecule has 1 aromatic heterocycles. The molecule has 3 rings (SSSR count). The highest BCUT2D eigenvalue weighted by Crippen LogP contribution is 2.12. The molecule has 0 saturated carbocycles. The van der Waals surface area contributed by atoms with E-state index in [4.69, 9.17) is 4.74 Å². The number of carbonyl (C=O) groups excluding carboxylic acids is 1. The molecule has 1 aromatic carbocycles. The van der Waals surface area contributed by atoms with E-state index in [0.29, 0.717) is 26.2 Å². The van der Waals surface area contributed by atoms with Gasteiger partial charge in [0, 0.05) is 25.6 Å². The van der Waals surface area contributed by atoms with E-state index in [1.54, 1.807) is 11.0 Å². The Labute approximate surface area is 141 Å². The first-order valence-corrected chi connectivity index (χ1v) is 8.24. The fourth-order valence-electron chi connectivity index (χ4n) is 2.86. The summed E-state index contributed by atoms with van der Waals surface area (Å²) in [5, 5.41) is 7.07. The van der Waals surface area contributed by atoms with Crippen molar-refractivity contribution in [3.63, 3.8) is 0 Å². The highest BCUT2D eigenvalue weighted by Gasteiger charge is 2.25. The van der Waals surface area contributed by atoms with Gasteiger partial charge >= 0.3 is 6.03 Å². The topological polar surface area (TPSA) is 72.3 Å². The van der Waals surface area contributed by atoms with Crippen LogP contribution in [0.3, 0.4) is 0 Å². The van der Waals surface area contributed by atoms with Crippen LogP contribution in [0.4, 0.5) is 4.79 Å². The van der Waals surface area contributed by atoms with E-state index in [-0.39, 0.29) is 18.2 Å². The molecule has 128 valence electrons. The van der Waals surface area contributed by atoms with E-state index in [0.717, 1.165) is 6.42 Å². The van der Waals surface area contributed by atoms with Crippen LogP contribution in [0.2, 0.25) is 0 Å². The van der Waals surface area contributed by atoms with E-state index < -0.39 is 0 Å². The van der Waals surface area contributed by atoms with Gasteiger partial charge in [0.05, 0.1) is 19.3 Å². The average molecular weight is 329 g/mol. The maximum atomic E-state index is 12.4. The Morgan fingerprint density at radius 1 is 1.42 bits per heavy atom. The van der Waals surface area contributed by atoms with Gasteiger partial charge in [-0.15, -0.1) is 0 Å². The predicted octanol–water partition coefficient (Wildman–Crippen LogP) is 1.32. The Bertz CT molecular complexity index is 632. The molecule has 24 heavy (non-hydrogen) atoms. The van der Waals surface area contributed by atoms with E-state index in [1.165, 1.54) is 11.9 Å². The Hall–Kier alpha value is -2.41. The summed E-state index contributed by atoms with van der Waals surface area (Å²) in [7, 11) is 0. The van der Waals surface area contributed by atoms with Crippen molar-refractivity contribution in [2.45, 2.75) is 32.0 Å². The second-order valence-electron chi connectivity index (χ2n) is 6.10. The molecule has 1 saturated heterocycles. The molecular formula is C17H23N5O2. The third-order valence-electron chi connectivity index (χ3n) is 4.03. The second kappa shape index (κ2) is 7.92. The van der Waals surface area contributed by atoms with Crippen molar-refractivity contribution in [1.29, 1.82) is 0 Å². The van der Waals surface area contributed by atoms with Crippen molar-refractivity contribution >= 4 is 6.03 Å². The number of amides is 2. The molecule has 0 bridgehead atoms. The number of hydrogen-bond donors (Lipinski definition) is 1. The third-order valence-corrected chi connectivity index (χ3v) is 4.03. The summed E-state index contributed by atoms with van der Waals surface area (Å²) >= 11 is 0. The van der Waals surface area contributed by atoms with Gasteiger partial charge in [-0.05, 0) is 12.5 Å². The van der Waals surface area contributed by atoms with Crippen LogP contribution in [0.15, 0.2) is 43.0 Å². The molecule has 2 aromatic rings. The lowest BCUT2D eigenvalue weighted by atomic mass is 10.1. The molecule has 7 heteroatoms. The first-order chi connectivity index (χ1) is 11.7. The summed E-state index contributed by atoms with van der Waals surface area (Å²) in [4.78, 5) is 18.2. The number of morpholine rings is 1. The minimum absolute atomic E-state index is 0.0189. The lowest BCUT2D eigenvalue weighted by Crippen LogP contribution is -2.52. The number of ether oxygens (including phenoxy) is 1. The van der Waals surface area contributed by atoms with Crippen LogP contribution in [0.5, 0.6) is 0 Å². The normalized spacial score (nSPS) is 19.0. The van der Waals surface area contributed by atoms with Crippen LogP contribution in [0.25, 0.3) is 0 Å². The molecule has 2 heterocycles. The van der Waals surface area contributed by atoms with Crippen LogP contribution < -0.4 is 5.32 Å². The highest BCUT2D eigenvalue weighted by molar-refractivity contribution is 5.74. The first kappa shape index (κ1) is 16.4. The largest absolute Gasteiger partial charge is 0.374 e. The molecule has 1 N–H and O–H groups in total. The van der Waals surface area contributed by atoms with Gasteiger partial charge in [-0.3, -0.25) is 4.68 Å². The number of rotatable bonds is 5. The van der Waals surface area contributed by atoms with Gasteiger partial charge in [0.25, 0.3) is 0 Å². The van der Waals surface area contributed by atoms with Gasteiger partial charge in [-0.2, -0.15) is 5.10 Å². The molecule has 0 unspecified atom stereocenters. The van der Waals surface area contributed by atoms with Crippen molar-refractivity contribution in [3.8, 4) is 0 Å². The van der Waals surface area contributed by atoms with Gasteiger partial charge in [0.15, 0.2) is 0 Å². The van der Waals surface area contributed by atoms with Gasteiger partial charge in [-0.25, -0.2) is 9.78 Å². The lowest BCUT2D eigenvalue weighted by Gasteiger charge is -2.33. The third kappa shape index (κ3) is 4.55. The summed E-state index contributed by atoms with van der Waals surface area (Å²) in [6.45, 7) is 4.36.